The van der Waals surface area contributed by atoms with E-state index < -0.39 is 0 Å². The van der Waals surface area contributed by atoms with Crippen molar-refractivity contribution in [2.45, 2.75) is 110 Å². The van der Waals surface area contributed by atoms with Crippen LogP contribution in [-0.4, -0.2) is 34.2 Å². The summed E-state index contributed by atoms with van der Waals surface area (Å²) < 4.78 is 12.7. The zero-order valence-electron chi connectivity index (χ0n) is 17.6. The van der Waals surface area contributed by atoms with E-state index in [1.165, 1.54) is 83.5 Å². The first kappa shape index (κ1) is 20.9. The quantitative estimate of drug-likeness (QED) is 0.450. The van der Waals surface area contributed by atoms with Crippen LogP contribution in [0.3, 0.4) is 0 Å². The molecule has 0 aromatic heterocycles. The first-order valence-corrected chi connectivity index (χ1v) is 14.1. The van der Waals surface area contributed by atoms with Crippen LogP contribution in [0.2, 0.25) is 0 Å². The summed E-state index contributed by atoms with van der Waals surface area (Å²) in [5.41, 5.74) is 0. The van der Waals surface area contributed by atoms with Crippen LogP contribution in [0.1, 0.15) is 97.3 Å². The third-order valence-electron chi connectivity index (χ3n) is 7.49. The summed E-state index contributed by atoms with van der Waals surface area (Å²) in [6.07, 6.45) is 21.9. The number of hydrogen-bond acceptors (Lipinski definition) is 2. The first-order chi connectivity index (χ1) is 12.8. The Labute approximate surface area is 165 Å². The summed E-state index contributed by atoms with van der Waals surface area (Å²) >= 11 is 0. The summed E-state index contributed by atoms with van der Waals surface area (Å²) in [5.74, 6) is 3.84. The van der Waals surface area contributed by atoms with Gasteiger partial charge in [-0.1, -0.05) is 58.8 Å². The van der Waals surface area contributed by atoms with Gasteiger partial charge in [-0.05, 0) is 62.2 Å². The molecule has 6 unspecified atom stereocenters. The van der Waals surface area contributed by atoms with Crippen molar-refractivity contribution in [3.05, 3.63) is 0 Å². The standard InChI is InChI=1S/C20H36O2Si.C3H8/c1-3-7-17-15(5-1)9-11-19(17)21-13-23-14-22-20-12-10-16-6-2-4-8-18(16)20;1-3-2/h15-20H,1-14,23H2;3H2,1-2H3. The minimum atomic E-state index is -0.171. The maximum atomic E-state index is 6.33. The normalized spacial score (nSPS) is 39.5. The van der Waals surface area contributed by atoms with Gasteiger partial charge in [0.15, 0.2) is 0 Å². The van der Waals surface area contributed by atoms with E-state index >= 15 is 0 Å². The van der Waals surface area contributed by atoms with Gasteiger partial charge in [0, 0.05) is 12.5 Å². The fraction of sp³-hybridized carbons (Fsp3) is 1.00. The molecule has 4 rings (SSSR count). The monoisotopic (exact) mass is 380 g/mol. The Kier molecular flexibility index (Phi) is 9.00. The van der Waals surface area contributed by atoms with E-state index in [2.05, 4.69) is 13.8 Å². The fourth-order valence-corrected chi connectivity index (χ4v) is 7.35. The minimum absolute atomic E-state index is 0.171. The molecular formula is C23H44O2Si. The molecule has 0 heterocycles. The molecule has 0 saturated heterocycles. The van der Waals surface area contributed by atoms with E-state index in [1.54, 1.807) is 0 Å². The van der Waals surface area contributed by atoms with Gasteiger partial charge in [-0.25, -0.2) is 0 Å². The molecule has 0 radical (unpaired) electrons. The molecule has 0 N–H and O–H groups in total. The molecule has 4 aliphatic carbocycles. The van der Waals surface area contributed by atoms with Crippen molar-refractivity contribution in [3.63, 3.8) is 0 Å². The summed E-state index contributed by atoms with van der Waals surface area (Å²) in [6, 6.07) is 0. The van der Waals surface area contributed by atoms with Crippen LogP contribution in [0.5, 0.6) is 0 Å². The topological polar surface area (TPSA) is 18.5 Å². The molecule has 0 bridgehead atoms. The van der Waals surface area contributed by atoms with Gasteiger partial charge in [0.2, 0.25) is 0 Å². The number of fused-ring (bicyclic) bond motifs is 2. The molecule has 0 aromatic carbocycles. The molecule has 0 amide bonds. The highest BCUT2D eigenvalue weighted by molar-refractivity contribution is 6.34. The lowest BCUT2D eigenvalue weighted by atomic mass is 9.81. The van der Waals surface area contributed by atoms with E-state index in [-0.39, 0.29) is 9.52 Å². The molecule has 4 fully saturated rings. The summed E-state index contributed by atoms with van der Waals surface area (Å²) in [7, 11) is -0.171. The molecule has 0 aromatic rings. The second-order valence-electron chi connectivity index (χ2n) is 9.45. The Hall–Kier alpha value is 0.137. The van der Waals surface area contributed by atoms with Crippen LogP contribution >= 0.6 is 0 Å². The van der Waals surface area contributed by atoms with Gasteiger partial charge in [-0.2, -0.15) is 0 Å². The van der Waals surface area contributed by atoms with E-state index in [9.17, 15) is 0 Å². The average Bonchev–Trinajstić information content (AvgIpc) is 3.27. The van der Waals surface area contributed by atoms with Crippen LogP contribution < -0.4 is 0 Å². The summed E-state index contributed by atoms with van der Waals surface area (Å²) in [4.78, 5) is 0. The highest BCUT2D eigenvalue weighted by Crippen LogP contribution is 2.44. The molecule has 0 spiro atoms. The lowest BCUT2D eigenvalue weighted by Crippen LogP contribution is -2.29. The molecule has 6 atom stereocenters. The van der Waals surface area contributed by atoms with Crippen molar-refractivity contribution < 1.29 is 9.47 Å². The number of rotatable bonds is 6. The molecule has 4 saturated carbocycles. The van der Waals surface area contributed by atoms with Gasteiger partial charge in [-0.15, -0.1) is 0 Å². The molecular weight excluding hydrogens is 336 g/mol. The third-order valence-corrected chi connectivity index (χ3v) is 8.54. The Morgan fingerprint density at radius 3 is 1.50 bits per heavy atom. The van der Waals surface area contributed by atoms with Crippen LogP contribution in [0.25, 0.3) is 0 Å². The maximum absolute atomic E-state index is 6.33. The van der Waals surface area contributed by atoms with Crippen LogP contribution in [0, 0.1) is 23.7 Å². The zero-order valence-corrected chi connectivity index (χ0v) is 19.0. The van der Waals surface area contributed by atoms with Gasteiger partial charge < -0.3 is 9.47 Å². The third kappa shape index (κ3) is 5.58. The minimum Gasteiger partial charge on any atom is -0.382 e. The van der Waals surface area contributed by atoms with Gasteiger partial charge in [0.05, 0.1) is 21.7 Å². The Morgan fingerprint density at radius 1 is 0.615 bits per heavy atom. The van der Waals surface area contributed by atoms with Crippen molar-refractivity contribution in [3.8, 4) is 0 Å². The lowest BCUT2D eigenvalue weighted by Gasteiger charge is -2.30. The van der Waals surface area contributed by atoms with Crippen molar-refractivity contribution in [1.29, 1.82) is 0 Å². The number of ether oxygens (including phenoxy) is 2. The largest absolute Gasteiger partial charge is 0.382 e. The summed E-state index contributed by atoms with van der Waals surface area (Å²) in [6.45, 7) is 4.25. The first-order valence-electron chi connectivity index (χ1n) is 12.1. The van der Waals surface area contributed by atoms with E-state index in [1.807, 2.05) is 0 Å². The molecule has 2 nitrogen and oxygen atoms in total. The molecule has 4 aliphatic rings. The Balaban J connectivity index is 0.000000613. The Morgan fingerprint density at radius 2 is 1.04 bits per heavy atom. The molecule has 26 heavy (non-hydrogen) atoms. The maximum Gasteiger partial charge on any atom is 0.0822 e. The van der Waals surface area contributed by atoms with E-state index in [0.29, 0.717) is 12.2 Å². The Bertz CT molecular complexity index is 354. The summed E-state index contributed by atoms with van der Waals surface area (Å²) in [5, 5.41) is 0. The molecule has 152 valence electrons. The highest BCUT2D eigenvalue weighted by Gasteiger charge is 2.39. The average molecular weight is 381 g/mol. The lowest BCUT2D eigenvalue weighted by molar-refractivity contribution is 0.0228. The van der Waals surface area contributed by atoms with Crippen molar-refractivity contribution in [2.75, 3.05) is 12.5 Å². The van der Waals surface area contributed by atoms with E-state index in [0.717, 1.165) is 36.1 Å². The van der Waals surface area contributed by atoms with Crippen LogP contribution in [-0.2, 0) is 9.47 Å². The van der Waals surface area contributed by atoms with Crippen molar-refractivity contribution in [1.82, 2.24) is 0 Å². The van der Waals surface area contributed by atoms with Gasteiger partial charge in [0.1, 0.15) is 0 Å². The predicted octanol–water partition coefficient (Wildman–Crippen LogP) is 5.46. The van der Waals surface area contributed by atoms with Crippen LogP contribution in [0.4, 0.5) is 0 Å². The molecule has 0 aliphatic heterocycles. The van der Waals surface area contributed by atoms with Crippen molar-refractivity contribution in [2.24, 2.45) is 23.7 Å². The highest BCUT2D eigenvalue weighted by atomic mass is 28.2. The van der Waals surface area contributed by atoms with Crippen LogP contribution in [0.15, 0.2) is 0 Å². The van der Waals surface area contributed by atoms with Gasteiger partial charge in [-0.3, -0.25) is 0 Å². The smallest absolute Gasteiger partial charge is 0.0822 e. The number of hydrogen-bond donors (Lipinski definition) is 0. The van der Waals surface area contributed by atoms with Gasteiger partial charge in [0.25, 0.3) is 0 Å². The fourth-order valence-electron chi connectivity index (χ4n) is 6.30. The predicted molar refractivity (Wildman–Crippen MR) is 113 cm³/mol. The molecule has 3 heteroatoms. The van der Waals surface area contributed by atoms with Gasteiger partial charge >= 0.3 is 0 Å². The SMILES string of the molecule is C1CCC2C(C1)CCC2OC[SiH2]COC1CCC2CCCCC21.CCC. The second kappa shape index (κ2) is 11.2. The van der Waals surface area contributed by atoms with E-state index in [4.69, 9.17) is 9.47 Å². The van der Waals surface area contributed by atoms with Crippen molar-refractivity contribution >= 4 is 9.52 Å². The zero-order chi connectivity index (χ0) is 18.2. The second-order valence-corrected chi connectivity index (χ2v) is 11.0.